The number of nitrogens with zero attached hydrogens (tertiary/aromatic N) is 2. The van der Waals surface area contributed by atoms with Crippen LogP contribution in [0.2, 0.25) is 0 Å². The van der Waals surface area contributed by atoms with E-state index < -0.39 is 0 Å². The Bertz CT molecular complexity index is 856. The maximum atomic E-state index is 4.53. The van der Waals surface area contributed by atoms with Crippen molar-refractivity contribution >= 4 is 11.4 Å². The maximum absolute atomic E-state index is 4.53. The summed E-state index contributed by atoms with van der Waals surface area (Å²) in [6, 6.07) is 19.0. The molecule has 3 aromatic rings. The topological polar surface area (TPSA) is 40.2 Å². The normalized spacial score (nSPS) is 9.97. The summed E-state index contributed by atoms with van der Waals surface area (Å²) in [5.74, 6) is 0. The molecule has 0 atom stereocenters. The van der Waals surface area contributed by atoms with Gasteiger partial charge in [0.2, 0.25) is 0 Å². The number of aromatic nitrogens is 1. The van der Waals surface area contributed by atoms with Crippen LogP contribution < -0.4 is 35.4 Å². The van der Waals surface area contributed by atoms with E-state index >= 15 is 0 Å². The second-order valence-electron chi connectivity index (χ2n) is 7.98. The minimum absolute atomic E-state index is 0. The molecule has 0 aliphatic rings. The van der Waals surface area contributed by atoms with Crippen LogP contribution in [0.3, 0.4) is 0 Å². The summed E-state index contributed by atoms with van der Waals surface area (Å²) < 4.78 is 0. The Hall–Kier alpha value is -1.62. The molecule has 33 heavy (non-hydrogen) atoms. The van der Waals surface area contributed by atoms with E-state index in [4.69, 9.17) is 0 Å². The molecule has 181 valence electrons. The van der Waals surface area contributed by atoms with Gasteiger partial charge in [-0.2, -0.15) is 0 Å². The number of hydrogen-bond donors (Lipinski definition) is 2. The Balaban J connectivity index is 0.00000341. The van der Waals surface area contributed by atoms with E-state index in [1.54, 1.807) is 0 Å². The zero-order chi connectivity index (χ0) is 21.3. The molecule has 3 rings (SSSR count). The zero-order valence-electron chi connectivity index (χ0n) is 19.8. The Morgan fingerprint density at radius 1 is 0.667 bits per heavy atom. The van der Waals surface area contributed by atoms with Crippen LogP contribution in [0, 0.1) is 27.7 Å². The predicted octanol–water partition coefficient (Wildman–Crippen LogP) is -0.653. The molecule has 0 saturated heterocycles. The molecule has 1 aromatic heterocycles. The molecule has 0 bridgehead atoms. The van der Waals surface area contributed by atoms with E-state index in [-0.39, 0.29) is 44.9 Å². The first-order valence-corrected chi connectivity index (χ1v) is 10.8. The van der Waals surface area contributed by atoms with Crippen molar-refractivity contribution < 1.29 is 44.9 Å². The quantitative estimate of drug-likeness (QED) is 0.302. The molecular weight excluding hydrogens is 631 g/mol. The van der Waals surface area contributed by atoms with Gasteiger partial charge in [-0.25, -0.2) is 0 Å². The van der Waals surface area contributed by atoms with Crippen molar-refractivity contribution in [1.29, 1.82) is 0 Å². The van der Waals surface area contributed by atoms with E-state index in [9.17, 15) is 0 Å². The summed E-state index contributed by atoms with van der Waals surface area (Å²) in [4.78, 5) is 6.99. The van der Waals surface area contributed by atoms with Gasteiger partial charge in [-0.15, -0.1) is 0 Å². The molecule has 0 fully saturated rings. The Morgan fingerprint density at radius 3 is 1.52 bits per heavy atom. The largest absolute Gasteiger partial charge is 2.00 e. The van der Waals surface area contributed by atoms with Crippen molar-refractivity contribution in [3.05, 3.63) is 88.7 Å². The second kappa shape index (κ2) is 16.1. The Kier molecular flexibility index (Phi) is 15.3. The fourth-order valence-electron chi connectivity index (χ4n) is 3.86. The first-order chi connectivity index (χ1) is 14.5. The van der Waals surface area contributed by atoms with Crippen molar-refractivity contribution in [2.24, 2.45) is 0 Å². The van der Waals surface area contributed by atoms with Crippen molar-refractivity contribution in [2.45, 2.75) is 34.2 Å². The molecule has 7 heteroatoms. The van der Waals surface area contributed by atoms with Gasteiger partial charge in [0.15, 0.2) is 0 Å². The SMILES string of the molecule is Cc1cccc(C)c1NCCN(CCNc1c(C)cccc1C)Cc1ccccn1.[Cl-].[Cl-].[Ir+2]. The van der Waals surface area contributed by atoms with Crippen molar-refractivity contribution in [1.82, 2.24) is 9.88 Å². The Labute approximate surface area is 225 Å². The van der Waals surface area contributed by atoms with Crippen LogP contribution in [0.4, 0.5) is 11.4 Å². The van der Waals surface area contributed by atoms with Gasteiger partial charge in [0, 0.05) is 50.3 Å². The zero-order valence-corrected chi connectivity index (χ0v) is 23.7. The summed E-state index contributed by atoms with van der Waals surface area (Å²) in [6.07, 6.45) is 1.87. The van der Waals surface area contributed by atoms with Gasteiger partial charge in [0.25, 0.3) is 0 Å². The van der Waals surface area contributed by atoms with Crippen LogP contribution in [-0.2, 0) is 26.7 Å². The van der Waals surface area contributed by atoms with Gasteiger partial charge >= 0.3 is 20.1 Å². The third-order valence-electron chi connectivity index (χ3n) is 5.53. The van der Waals surface area contributed by atoms with E-state index in [0.29, 0.717) is 0 Å². The van der Waals surface area contributed by atoms with Crippen LogP contribution in [0.15, 0.2) is 60.8 Å². The monoisotopic (exact) mass is 665 g/mol. The summed E-state index contributed by atoms with van der Waals surface area (Å²) in [5, 5.41) is 7.28. The summed E-state index contributed by atoms with van der Waals surface area (Å²) in [5.41, 5.74) is 8.79. The molecule has 4 nitrogen and oxygen atoms in total. The van der Waals surface area contributed by atoms with Crippen LogP contribution in [0.25, 0.3) is 0 Å². The van der Waals surface area contributed by atoms with Crippen LogP contribution in [0.5, 0.6) is 0 Å². The Morgan fingerprint density at radius 2 is 1.12 bits per heavy atom. The number of benzene rings is 2. The van der Waals surface area contributed by atoms with Crippen LogP contribution in [-0.4, -0.2) is 36.1 Å². The van der Waals surface area contributed by atoms with Gasteiger partial charge < -0.3 is 35.4 Å². The van der Waals surface area contributed by atoms with Gasteiger partial charge in [0.1, 0.15) is 0 Å². The minimum atomic E-state index is 0. The third kappa shape index (κ3) is 9.64. The molecular formula is C26H34Cl2IrN4. The first kappa shape index (κ1) is 31.4. The number of para-hydroxylation sites is 2. The predicted molar refractivity (Wildman–Crippen MR) is 128 cm³/mol. The van der Waals surface area contributed by atoms with E-state index in [1.165, 1.54) is 33.6 Å². The summed E-state index contributed by atoms with van der Waals surface area (Å²) in [6.45, 7) is 13.2. The van der Waals surface area contributed by atoms with Gasteiger partial charge in [-0.3, -0.25) is 9.88 Å². The molecule has 0 amide bonds. The molecule has 1 heterocycles. The summed E-state index contributed by atoms with van der Waals surface area (Å²) in [7, 11) is 0. The molecule has 0 saturated carbocycles. The number of rotatable bonds is 10. The van der Waals surface area contributed by atoms with Gasteiger partial charge in [-0.1, -0.05) is 42.5 Å². The third-order valence-corrected chi connectivity index (χ3v) is 5.53. The fraction of sp³-hybridized carbons (Fsp3) is 0.346. The number of halogens is 2. The van der Waals surface area contributed by atoms with Crippen LogP contribution in [0.1, 0.15) is 27.9 Å². The molecule has 0 aliphatic carbocycles. The number of nitrogens with one attached hydrogen (secondary N) is 2. The molecule has 0 aliphatic heterocycles. The fourth-order valence-corrected chi connectivity index (χ4v) is 3.86. The number of hydrogen-bond acceptors (Lipinski definition) is 4. The van der Waals surface area contributed by atoms with E-state index in [1.807, 2.05) is 12.3 Å². The summed E-state index contributed by atoms with van der Waals surface area (Å²) >= 11 is 0. The van der Waals surface area contributed by atoms with Gasteiger partial charge in [-0.05, 0) is 62.1 Å². The molecule has 0 unspecified atom stereocenters. The smallest absolute Gasteiger partial charge is 1.00 e. The molecule has 2 aromatic carbocycles. The van der Waals surface area contributed by atoms with Crippen molar-refractivity contribution in [2.75, 3.05) is 36.8 Å². The number of pyridine rings is 1. The average Bonchev–Trinajstić information content (AvgIpc) is 2.73. The number of aryl methyl sites for hydroxylation is 4. The minimum Gasteiger partial charge on any atom is -1.00 e. The molecule has 0 spiro atoms. The molecule has 2 N–H and O–H groups in total. The molecule has 1 radical (unpaired) electrons. The van der Waals surface area contributed by atoms with Gasteiger partial charge in [0.05, 0.1) is 5.69 Å². The maximum Gasteiger partial charge on any atom is 2.00 e. The standard InChI is InChI=1S/C26H34N4.2ClH.Ir/c1-20-9-7-10-21(2)25(20)28-15-17-30(19-24-13-5-6-14-27-24)18-16-29-26-22(3)11-8-12-23(26)4;;;/h5-14,28-29H,15-19H2,1-4H3;2*1H;/q;;;+2/p-2. The average molecular weight is 666 g/mol. The van der Waals surface area contributed by atoms with Crippen molar-refractivity contribution in [3.63, 3.8) is 0 Å². The van der Waals surface area contributed by atoms with Crippen molar-refractivity contribution in [3.8, 4) is 0 Å². The van der Waals surface area contributed by atoms with Crippen LogP contribution >= 0.6 is 0 Å². The second-order valence-corrected chi connectivity index (χ2v) is 7.98. The number of anilines is 2. The van der Waals surface area contributed by atoms with E-state index in [0.717, 1.165) is 38.4 Å². The van der Waals surface area contributed by atoms with E-state index in [2.05, 4.69) is 96.7 Å². The first-order valence-electron chi connectivity index (χ1n) is 10.8.